The fourth-order valence-electron chi connectivity index (χ4n) is 3.35. The number of fused-ring (bicyclic) bond motifs is 1. The molecule has 8 nitrogen and oxygen atoms in total. The molecule has 0 aliphatic rings. The molecule has 37 heavy (non-hydrogen) atoms. The SMILES string of the molecule is CCOC(=O)c1nn(-c2ccc(OC(F)(F)F)cc2)c(=O)c2c(NC(=O)/C=C/c3ccccc3)scc12. The molecular formula is C25H18F3N3O5S. The number of amides is 1. The molecule has 2 aromatic carbocycles. The number of esters is 1. The van der Waals surface area contributed by atoms with Gasteiger partial charge in [0, 0.05) is 16.8 Å². The van der Waals surface area contributed by atoms with Gasteiger partial charge in [-0.2, -0.15) is 9.78 Å². The van der Waals surface area contributed by atoms with Crippen LogP contribution < -0.4 is 15.6 Å². The van der Waals surface area contributed by atoms with E-state index in [1.807, 2.05) is 30.3 Å². The van der Waals surface area contributed by atoms with Crippen LogP contribution in [0.4, 0.5) is 18.2 Å². The Labute approximate surface area is 211 Å². The van der Waals surface area contributed by atoms with E-state index in [9.17, 15) is 27.6 Å². The van der Waals surface area contributed by atoms with Crippen molar-refractivity contribution in [1.29, 1.82) is 0 Å². The lowest BCUT2D eigenvalue weighted by Gasteiger charge is -2.11. The summed E-state index contributed by atoms with van der Waals surface area (Å²) >= 11 is 1.02. The monoisotopic (exact) mass is 529 g/mol. The third kappa shape index (κ3) is 6.04. The molecule has 2 aromatic heterocycles. The maximum absolute atomic E-state index is 13.4. The summed E-state index contributed by atoms with van der Waals surface area (Å²) in [6.45, 7) is 1.64. The number of nitrogens with one attached hydrogen (secondary N) is 1. The Kier molecular flexibility index (Phi) is 7.39. The highest BCUT2D eigenvalue weighted by Crippen LogP contribution is 2.31. The van der Waals surface area contributed by atoms with E-state index in [2.05, 4.69) is 15.2 Å². The predicted octanol–water partition coefficient (Wildman–Crippen LogP) is 5.17. The van der Waals surface area contributed by atoms with E-state index in [-0.39, 0.29) is 33.8 Å². The molecule has 190 valence electrons. The number of benzene rings is 2. The Morgan fingerprint density at radius 3 is 2.46 bits per heavy atom. The van der Waals surface area contributed by atoms with Crippen LogP contribution in [0.1, 0.15) is 23.0 Å². The molecule has 0 saturated carbocycles. The molecule has 12 heteroatoms. The molecule has 1 amide bonds. The molecule has 4 rings (SSSR count). The van der Waals surface area contributed by atoms with E-state index in [1.165, 1.54) is 23.6 Å². The van der Waals surface area contributed by atoms with Crippen LogP contribution in [0, 0.1) is 0 Å². The van der Waals surface area contributed by atoms with Crippen molar-refractivity contribution in [2.75, 3.05) is 11.9 Å². The molecule has 0 bridgehead atoms. The molecule has 0 aliphatic heterocycles. The van der Waals surface area contributed by atoms with Crippen LogP contribution in [0.25, 0.3) is 22.5 Å². The van der Waals surface area contributed by atoms with Crippen molar-refractivity contribution in [2.24, 2.45) is 0 Å². The van der Waals surface area contributed by atoms with Crippen LogP contribution in [0.3, 0.4) is 0 Å². The number of carbonyl (C=O) groups is 2. The van der Waals surface area contributed by atoms with Gasteiger partial charge in [-0.3, -0.25) is 9.59 Å². The number of anilines is 1. The summed E-state index contributed by atoms with van der Waals surface area (Å²) in [5, 5.41) is 8.59. The largest absolute Gasteiger partial charge is 0.573 e. The summed E-state index contributed by atoms with van der Waals surface area (Å²) in [4.78, 5) is 38.6. The third-order valence-corrected chi connectivity index (χ3v) is 5.79. The van der Waals surface area contributed by atoms with Gasteiger partial charge in [-0.25, -0.2) is 4.79 Å². The first kappa shape index (κ1) is 25.6. The summed E-state index contributed by atoms with van der Waals surface area (Å²) < 4.78 is 47.3. The van der Waals surface area contributed by atoms with Crippen molar-refractivity contribution in [3.63, 3.8) is 0 Å². The first-order valence-electron chi connectivity index (χ1n) is 10.8. The highest BCUT2D eigenvalue weighted by atomic mass is 32.1. The normalized spacial score (nSPS) is 11.6. The van der Waals surface area contributed by atoms with Gasteiger partial charge in [0.05, 0.1) is 17.7 Å². The molecule has 2 heterocycles. The van der Waals surface area contributed by atoms with Crippen molar-refractivity contribution < 1.29 is 32.2 Å². The minimum absolute atomic E-state index is 0.000122. The van der Waals surface area contributed by atoms with Crippen molar-refractivity contribution >= 4 is 45.1 Å². The molecule has 0 fully saturated rings. The van der Waals surface area contributed by atoms with E-state index in [0.717, 1.165) is 33.7 Å². The van der Waals surface area contributed by atoms with E-state index < -0.39 is 29.5 Å². The van der Waals surface area contributed by atoms with E-state index >= 15 is 0 Å². The Bertz CT molecular complexity index is 1530. The molecule has 0 saturated heterocycles. The average molecular weight is 529 g/mol. The Hall–Kier alpha value is -4.45. The maximum Gasteiger partial charge on any atom is 0.573 e. The Morgan fingerprint density at radius 1 is 1.11 bits per heavy atom. The van der Waals surface area contributed by atoms with Crippen LogP contribution in [-0.2, 0) is 9.53 Å². The number of hydrogen-bond acceptors (Lipinski definition) is 7. The van der Waals surface area contributed by atoms with Gasteiger partial charge < -0.3 is 14.8 Å². The first-order valence-corrected chi connectivity index (χ1v) is 11.7. The van der Waals surface area contributed by atoms with Gasteiger partial charge in [-0.05, 0) is 42.8 Å². The number of halogens is 3. The second-order valence-corrected chi connectivity index (χ2v) is 8.29. The summed E-state index contributed by atoms with van der Waals surface area (Å²) in [5.41, 5.74) is -0.0259. The van der Waals surface area contributed by atoms with Gasteiger partial charge in [-0.15, -0.1) is 24.5 Å². The van der Waals surface area contributed by atoms with Crippen molar-refractivity contribution in [3.05, 3.63) is 87.7 Å². The summed E-state index contributed by atoms with van der Waals surface area (Å²) in [7, 11) is 0. The highest BCUT2D eigenvalue weighted by molar-refractivity contribution is 7.16. The highest BCUT2D eigenvalue weighted by Gasteiger charge is 2.31. The fourth-order valence-corrected chi connectivity index (χ4v) is 4.29. The molecule has 1 N–H and O–H groups in total. The molecule has 4 aromatic rings. The number of nitrogens with zero attached hydrogens (tertiary/aromatic N) is 2. The summed E-state index contributed by atoms with van der Waals surface area (Å²) in [6.07, 6.45) is -1.99. The van der Waals surface area contributed by atoms with Crippen molar-refractivity contribution in [1.82, 2.24) is 9.78 Å². The number of alkyl halides is 3. The van der Waals surface area contributed by atoms with Crippen LogP contribution in [0.15, 0.2) is 70.8 Å². The second-order valence-electron chi connectivity index (χ2n) is 7.41. The zero-order chi connectivity index (χ0) is 26.6. The van der Waals surface area contributed by atoms with Gasteiger partial charge in [-0.1, -0.05) is 30.3 Å². The van der Waals surface area contributed by atoms with Crippen LogP contribution in [0.2, 0.25) is 0 Å². The molecule has 0 spiro atoms. The quantitative estimate of drug-likeness (QED) is 0.262. The lowest BCUT2D eigenvalue weighted by atomic mass is 10.2. The van der Waals surface area contributed by atoms with Crippen molar-refractivity contribution in [3.8, 4) is 11.4 Å². The van der Waals surface area contributed by atoms with Gasteiger partial charge >= 0.3 is 12.3 Å². The lowest BCUT2D eigenvalue weighted by molar-refractivity contribution is -0.274. The molecule has 0 atom stereocenters. The standard InChI is InChI=1S/C25H18F3N3O5S/c1-2-35-24(34)21-18-14-37-22(29-19(32)13-8-15-6-4-3-5-7-15)20(18)23(33)31(30-21)16-9-11-17(12-10-16)36-25(26,27)28/h3-14H,2H2,1H3,(H,29,32)/b13-8+. The lowest BCUT2D eigenvalue weighted by Crippen LogP contribution is -2.25. The Morgan fingerprint density at radius 2 is 1.81 bits per heavy atom. The van der Waals surface area contributed by atoms with Gasteiger partial charge in [0.25, 0.3) is 5.56 Å². The summed E-state index contributed by atoms with van der Waals surface area (Å²) in [5.74, 6) is -1.82. The number of aromatic nitrogens is 2. The fraction of sp³-hybridized carbons (Fsp3) is 0.120. The van der Waals surface area contributed by atoms with Gasteiger partial charge in [0.15, 0.2) is 5.69 Å². The average Bonchev–Trinajstić information content (AvgIpc) is 3.27. The Balaban J connectivity index is 1.75. The number of thiophene rings is 1. The smallest absolute Gasteiger partial charge is 0.461 e. The van der Waals surface area contributed by atoms with Crippen LogP contribution >= 0.6 is 11.3 Å². The number of carbonyl (C=O) groups excluding carboxylic acids is 2. The maximum atomic E-state index is 13.4. The van der Waals surface area contributed by atoms with E-state index in [4.69, 9.17) is 4.74 Å². The van der Waals surface area contributed by atoms with Gasteiger partial charge in [0.2, 0.25) is 5.91 Å². The predicted molar refractivity (Wildman–Crippen MR) is 132 cm³/mol. The molecule has 0 aliphatic carbocycles. The minimum atomic E-state index is -4.88. The number of ether oxygens (including phenoxy) is 2. The molecule has 0 unspecified atom stereocenters. The molecular weight excluding hydrogens is 511 g/mol. The number of rotatable bonds is 7. The topological polar surface area (TPSA) is 99.5 Å². The zero-order valence-corrected chi connectivity index (χ0v) is 19.9. The van der Waals surface area contributed by atoms with Crippen molar-refractivity contribution in [2.45, 2.75) is 13.3 Å². The van der Waals surface area contributed by atoms with E-state index in [1.54, 1.807) is 13.0 Å². The number of hydrogen-bond donors (Lipinski definition) is 1. The zero-order valence-electron chi connectivity index (χ0n) is 19.1. The van der Waals surface area contributed by atoms with E-state index in [0.29, 0.717) is 0 Å². The molecule has 0 radical (unpaired) electrons. The minimum Gasteiger partial charge on any atom is -0.461 e. The summed E-state index contributed by atoms with van der Waals surface area (Å²) in [6, 6.07) is 13.5. The van der Waals surface area contributed by atoms with Crippen LogP contribution in [0.5, 0.6) is 5.75 Å². The second kappa shape index (κ2) is 10.7. The first-order chi connectivity index (χ1) is 17.7. The third-order valence-electron chi connectivity index (χ3n) is 4.90. The van der Waals surface area contributed by atoms with Gasteiger partial charge in [0.1, 0.15) is 10.8 Å². The van der Waals surface area contributed by atoms with Crippen LogP contribution in [-0.4, -0.2) is 34.6 Å².